The molecule has 1 aromatic heterocycles. The highest BCUT2D eigenvalue weighted by molar-refractivity contribution is 6.07. The molecule has 0 atom stereocenters. The summed E-state index contributed by atoms with van der Waals surface area (Å²) in [5, 5.41) is 2.28. The SMILES string of the molecule is [C-]#[N+]c1ccc2c(c1)oc1cccc(C(C)C)c12. The first-order valence-electron chi connectivity index (χ1n) is 6.03. The first kappa shape index (κ1) is 10.9. The van der Waals surface area contributed by atoms with Gasteiger partial charge in [-0.3, -0.25) is 0 Å². The van der Waals surface area contributed by atoms with E-state index in [1.165, 1.54) is 10.9 Å². The van der Waals surface area contributed by atoms with Crippen molar-refractivity contribution in [3.63, 3.8) is 0 Å². The number of benzene rings is 2. The Bertz CT molecular complexity index is 775. The number of fused-ring (bicyclic) bond motifs is 3. The summed E-state index contributed by atoms with van der Waals surface area (Å²) in [6, 6.07) is 11.8. The van der Waals surface area contributed by atoms with Crippen LogP contribution in [0.2, 0.25) is 0 Å². The smallest absolute Gasteiger partial charge is 0.190 e. The number of nitrogens with zero attached hydrogens (tertiary/aromatic N) is 1. The summed E-state index contributed by atoms with van der Waals surface area (Å²) in [6.07, 6.45) is 0. The lowest BCUT2D eigenvalue weighted by atomic mass is 9.97. The Morgan fingerprint density at radius 1 is 1.11 bits per heavy atom. The summed E-state index contributed by atoms with van der Waals surface area (Å²) < 4.78 is 5.84. The molecule has 3 aromatic rings. The van der Waals surface area contributed by atoms with Crippen molar-refractivity contribution in [1.29, 1.82) is 0 Å². The predicted octanol–water partition coefficient (Wildman–Crippen LogP) is 5.26. The van der Waals surface area contributed by atoms with Gasteiger partial charge in [0.05, 0.1) is 6.57 Å². The van der Waals surface area contributed by atoms with E-state index in [0.29, 0.717) is 11.6 Å². The van der Waals surface area contributed by atoms with E-state index >= 15 is 0 Å². The van der Waals surface area contributed by atoms with Gasteiger partial charge in [0.1, 0.15) is 11.2 Å². The second-order valence-corrected chi connectivity index (χ2v) is 4.77. The Morgan fingerprint density at radius 2 is 1.94 bits per heavy atom. The first-order valence-corrected chi connectivity index (χ1v) is 6.03. The van der Waals surface area contributed by atoms with E-state index in [1.54, 1.807) is 0 Å². The van der Waals surface area contributed by atoms with E-state index in [4.69, 9.17) is 11.0 Å². The fourth-order valence-electron chi connectivity index (χ4n) is 2.39. The maximum atomic E-state index is 7.05. The standard InChI is InChI=1S/C16H13NO/c1-10(2)12-5-4-6-14-16(12)13-8-7-11(17-3)9-15(13)18-14/h4-10H,1-2H3. The summed E-state index contributed by atoms with van der Waals surface area (Å²) in [4.78, 5) is 3.44. The summed E-state index contributed by atoms with van der Waals surface area (Å²) in [7, 11) is 0. The molecule has 0 saturated heterocycles. The Labute approximate surface area is 106 Å². The molecule has 0 unspecified atom stereocenters. The second kappa shape index (κ2) is 3.89. The van der Waals surface area contributed by atoms with E-state index in [-0.39, 0.29) is 0 Å². The third kappa shape index (κ3) is 1.48. The van der Waals surface area contributed by atoms with Crippen LogP contribution in [0, 0.1) is 6.57 Å². The fourth-order valence-corrected chi connectivity index (χ4v) is 2.39. The molecule has 0 bridgehead atoms. The van der Waals surface area contributed by atoms with Crippen molar-refractivity contribution < 1.29 is 4.42 Å². The second-order valence-electron chi connectivity index (χ2n) is 4.77. The van der Waals surface area contributed by atoms with E-state index < -0.39 is 0 Å². The van der Waals surface area contributed by atoms with Crippen molar-refractivity contribution in [3.8, 4) is 0 Å². The maximum absolute atomic E-state index is 7.05. The Kier molecular flexibility index (Phi) is 2.34. The zero-order valence-corrected chi connectivity index (χ0v) is 10.4. The molecule has 0 N–H and O–H groups in total. The zero-order chi connectivity index (χ0) is 12.7. The largest absolute Gasteiger partial charge is 0.457 e. The van der Waals surface area contributed by atoms with Crippen molar-refractivity contribution in [2.45, 2.75) is 19.8 Å². The predicted molar refractivity (Wildman–Crippen MR) is 74.1 cm³/mol. The van der Waals surface area contributed by atoms with Crippen LogP contribution in [0.5, 0.6) is 0 Å². The number of rotatable bonds is 1. The lowest BCUT2D eigenvalue weighted by Crippen LogP contribution is -1.87. The molecule has 0 fully saturated rings. The fraction of sp³-hybridized carbons (Fsp3) is 0.188. The highest BCUT2D eigenvalue weighted by Crippen LogP contribution is 2.35. The van der Waals surface area contributed by atoms with Crippen LogP contribution in [-0.4, -0.2) is 0 Å². The minimum Gasteiger partial charge on any atom is -0.457 e. The molecule has 0 aliphatic heterocycles. The van der Waals surface area contributed by atoms with E-state index in [0.717, 1.165) is 16.6 Å². The van der Waals surface area contributed by atoms with Crippen molar-refractivity contribution in [3.05, 3.63) is 53.4 Å². The molecule has 1 heterocycles. The van der Waals surface area contributed by atoms with Gasteiger partial charge in [-0.05, 0) is 23.6 Å². The van der Waals surface area contributed by atoms with Crippen LogP contribution in [-0.2, 0) is 0 Å². The molecule has 88 valence electrons. The van der Waals surface area contributed by atoms with Gasteiger partial charge in [-0.1, -0.05) is 38.1 Å². The molecule has 0 aliphatic carbocycles. The van der Waals surface area contributed by atoms with Crippen molar-refractivity contribution >= 4 is 27.6 Å². The van der Waals surface area contributed by atoms with Crippen LogP contribution in [0.1, 0.15) is 25.3 Å². The molecular formula is C16H13NO. The number of hydrogen-bond acceptors (Lipinski definition) is 1. The van der Waals surface area contributed by atoms with Gasteiger partial charge in [0.2, 0.25) is 0 Å². The van der Waals surface area contributed by atoms with Gasteiger partial charge < -0.3 is 4.42 Å². The molecule has 0 amide bonds. The molecule has 0 saturated carbocycles. The Balaban J connectivity index is 2.46. The van der Waals surface area contributed by atoms with Gasteiger partial charge in [-0.2, -0.15) is 0 Å². The molecule has 0 aliphatic rings. The molecule has 0 spiro atoms. The van der Waals surface area contributed by atoms with Crippen LogP contribution in [0.3, 0.4) is 0 Å². The third-order valence-electron chi connectivity index (χ3n) is 3.26. The van der Waals surface area contributed by atoms with Crippen LogP contribution < -0.4 is 0 Å². The first-order chi connectivity index (χ1) is 8.70. The number of hydrogen-bond donors (Lipinski definition) is 0. The quantitative estimate of drug-likeness (QED) is 0.526. The molecule has 0 radical (unpaired) electrons. The van der Waals surface area contributed by atoms with Crippen LogP contribution in [0.15, 0.2) is 40.8 Å². The monoisotopic (exact) mass is 235 g/mol. The van der Waals surface area contributed by atoms with E-state index in [1.807, 2.05) is 30.3 Å². The lowest BCUT2D eigenvalue weighted by molar-refractivity contribution is 0.668. The summed E-state index contributed by atoms with van der Waals surface area (Å²) in [5.41, 5.74) is 3.61. The van der Waals surface area contributed by atoms with Crippen LogP contribution >= 0.6 is 0 Å². The summed E-state index contributed by atoms with van der Waals surface area (Å²) in [5.74, 6) is 0.454. The molecular weight excluding hydrogens is 222 g/mol. The zero-order valence-electron chi connectivity index (χ0n) is 10.4. The van der Waals surface area contributed by atoms with Gasteiger partial charge in [-0.25, -0.2) is 4.85 Å². The molecule has 18 heavy (non-hydrogen) atoms. The summed E-state index contributed by atoms with van der Waals surface area (Å²) in [6.45, 7) is 11.4. The van der Waals surface area contributed by atoms with Gasteiger partial charge in [0.25, 0.3) is 0 Å². The van der Waals surface area contributed by atoms with Crippen molar-refractivity contribution in [2.24, 2.45) is 0 Å². The van der Waals surface area contributed by atoms with E-state index in [2.05, 4.69) is 24.8 Å². The minimum atomic E-state index is 0.454. The summed E-state index contributed by atoms with van der Waals surface area (Å²) >= 11 is 0. The maximum Gasteiger partial charge on any atom is 0.190 e. The molecule has 2 heteroatoms. The van der Waals surface area contributed by atoms with Crippen LogP contribution in [0.25, 0.3) is 26.8 Å². The van der Waals surface area contributed by atoms with Gasteiger partial charge in [0, 0.05) is 10.8 Å². The lowest BCUT2D eigenvalue weighted by Gasteiger charge is -2.06. The normalized spacial score (nSPS) is 11.2. The Morgan fingerprint density at radius 3 is 2.67 bits per heavy atom. The molecule has 2 aromatic carbocycles. The van der Waals surface area contributed by atoms with Gasteiger partial charge in [-0.15, -0.1) is 0 Å². The average Bonchev–Trinajstić information content (AvgIpc) is 2.75. The van der Waals surface area contributed by atoms with Gasteiger partial charge in [0.15, 0.2) is 5.69 Å². The highest BCUT2D eigenvalue weighted by atomic mass is 16.3. The Hall–Kier alpha value is -2.27. The third-order valence-corrected chi connectivity index (χ3v) is 3.26. The van der Waals surface area contributed by atoms with Crippen molar-refractivity contribution in [1.82, 2.24) is 0 Å². The minimum absolute atomic E-state index is 0.454. The van der Waals surface area contributed by atoms with Crippen LogP contribution in [0.4, 0.5) is 5.69 Å². The molecule has 2 nitrogen and oxygen atoms in total. The average molecular weight is 235 g/mol. The van der Waals surface area contributed by atoms with E-state index in [9.17, 15) is 0 Å². The van der Waals surface area contributed by atoms with Crippen molar-refractivity contribution in [2.75, 3.05) is 0 Å². The number of furan rings is 1. The highest BCUT2D eigenvalue weighted by Gasteiger charge is 2.12. The van der Waals surface area contributed by atoms with Gasteiger partial charge >= 0.3 is 0 Å². The molecule has 3 rings (SSSR count). The topological polar surface area (TPSA) is 17.5 Å².